The van der Waals surface area contributed by atoms with Crippen LogP contribution in [-0.4, -0.2) is 14.5 Å². The fourth-order valence-corrected chi connectivity index (χ4v) is 2.63. The van der Waals surface area contributed by atoms with Gasteiger partial charge in [-0.2, -0.15) is 0 Å². The van der Waals surface area contributed by atoms with Gasteiger partial charge in [0, 0.05) is 0 Å². The highest BCUT2D eigenvalue weighted by Gasteiger charge is 2.20. The van der Waals surface area contributed by atoms with Crippen molar-refractivity contribution in [3.8, 4) is 5.75 Å². The minimum atomic E-state index is -3.70. The van der Waals surface area contributed by atoms with Crippen molar-refractivity contribution in [3.05, 3.63) is 24.3 Å². The zero-order valence-corrected chi connectivity index (χ0v) is 9.74. The van der Waals surface area contributed by atoms with Gasteiger partial charge < -0.3 is 4.74 Å². The molecule has 0 spiro atoms. The second kappa shape index (κ2) is 4.43. The smallest absolute Gasteiger partial charge is 0.241 e. The standard InChI is InChI=1S/C11H15NO3S/c12-16(13,14)11-8-4-3-7-10(11)15-9-5-1-2-6-9/h3-4,7-9H,1-2,5-6H2,(H2,12,13,14). The van der Waals surface area contributed by atoms with E-state index in [1.165, 1.54) is 6.07 Å². The molecule has 4 nitrogen and oxygen atoms in total. The second-order valence-corrected chi connectivity index (χ2v) is 5.55. The Labute approximate surface area is 95.5 Å². The van der Waals surface area contributed by atoms with Gasteiger partial charge >= 0.3 is 0 Å². The first-order valence-corrected chi connectivity index (χ1v) is 6.90. The lowest BCUT2D eigenvalue weighted by atomic mass is 10.3. The Morgan fingerprint density at radius 1 is 1.19 bits per heavy atom. The van der Waals surface area contributed by atoms with E-state index in [-0.39, 0.29) is 11.0 Å². The third-order valence-corrected chi connectivity index (χ3v) is 3.70. The average Bonchev–Trinajstić information content (AvgIpc) is 2.70. The lowest BCUT2D eigenvalue weighted by Crippen LogP contribution is -2.17. The van der Waals surface area contributed by atoms with E-state index in [9.17, 15) is 8.42 Å². The monoisotopic (exact) mass is 241 g/mol. The summed E-state index contributed by atoms with van der Waals surface area (Å²) >= 11 is 0. The number of benzene rings is 1. The second-order valence-electron chi connectivity index (χ2n) is 4.02. The van der Waals surface area contributed by atoms with Gasteiger partial charge in [0.05, 0.1) is 6.10 Å². The summed E-state index contributed by atoms with van der Waals surface area (Å²) in [7, 11) is -3.70. The van der Waals surface area contributed by atoms with Gasteiger partial charge in [-0.1, -0.05) is 12.1 Å². The lowest BCUT2D eigenvalue weighted by Gasteiger charge is -2.15. The molecule has 1 saturated carbocycles. The largest absolute Gasteiger partial charge is 0.489 e. The molecule has 1 fully saturated rings. The third kappa shape index (κ3) is 2.54. The summed E-state index contributed by atoms with van der Waals surface area (Å²) in [6.45, 7) is 0. The molecule has 0 bridgehead atoms. The Bertz CT molecular complexity index is 464. The van der Waals surface area contributed by atoms with Crippen LogP contribution in [0, 0.1) is 0 Å². The molecule has 0 saturated heterocycles. The van der Waals surface area contributed by atoms with Crippen LogP contribution in [0.3, 0.4) is 0 Å². The molecule has 0 unspecified atom stereocenters. The van der Waals surface area contributed by atoms with Gasteiger partial charge in [-0.3, -0.25) is 0 Å². The van der Waals surface area contributed by atoms with Gasteiger partial charge in [0.2, 0.25) is 10.0 Å². The Hall–Kier alpha value is -1.07. The van der Waals surface area contributed by atoms with Crippen LogP contribution in [0.15, 0.2) is 29.2 Å². The molecule has 1 aliphatic rings. The quantitative estimate of drug-likeness (QED) is 0.874. The van der Waals surface area contributed by atoms with Crippen molar-refractivity contribution in [1.82, 2.24) is 0 Å². The molecule has 88 valence electrons. The minimum absolute atomic E-state index is 0.0712. The van der Waals surface area contributed by atoms with Crippen molar-refractivity contribution >= 4 is 10.0 Å². The van der Waals surface area contributed by atoms with Gasteiger partial charge in [0.25, 0.3) is 0 Å². The molecule has 0 aliphatic heterocycles. The molecule has 0 radical (unpaired) electrons. The molecule has 0 amide bonds. The van der Waals surface area contributed by atoms with E-state index in [4.69, 9.17) is 9.88 Å². The molecule has 1 aliphatic carbocycles. The molecule has 0 aromatic heterocycles. The Kier molecular flexibility index (Phi) is 3.16. The van der Waals surface area contributed by atoms with E-state index < -0.39 is 10.0 Å². The first-order chi connectivity index (χ1) is 7.57. The van der Waals surface area contributed by atoms with Crippen LogP contribution in [0.25, 0.3) is 0 Å². The van der Waals surface area contributed by atoms with Crippen molar-refractivity contribution in [3.63, 3.8) is 0 Å². The van der Waals surface area contributed by atoms with Crippen LogP contribution in [0.2, 0.25) is 0 Å². The molecule has 2 rings (SSSR count). The van der Waals surface area contributed by atoms with E-state index in [1.54, 1.807) is 18.2 Å². The maximum atomic E-state index is 11.3. The van der Waals surface area contributed by atoms with E-state index in [1.807, 2.05) is 0 Å². The summed E-state index contributed by atoms with van der Waals surface area (Å²) in [5.41, 5.74) is 0. The summed E-state index contributed by atoms with van der Waals surface area (Å²) in [5, 5.41) is 5.12. The van der Waals surface area contributed by atoms with Crippen LogP contribution in [-0.2, 0) is 10.0 Å². The summed E-state index contributed by atoms with van der Waals surface area (Å²) in [6, 6.07) is 6.51. The van der Waals surface area contributed by atoms with Gasteiger partial charge in [0.1, 0.15) is 10.6 Å². The van der Waals surface area contributed by atoms with Crippen molar-refractivity contribution in [2.24, 2.45) is 5.14 Å². The number of para-hydroxylation sites is 1. The molecule has 5 heteroatoms. The zero-order valence-electron chi connectivity index (χ0n) is 8.93. The van der Waals surface area contributed by atoms with Crippen LogP contribution in [0.4, 0.5) is 0 Å². The molecule has 16 heavy (non-hydrogen) atoms. The summed E-state index contributed by atoms with van der Waals surface area (Å²) in [5.74, 6) is 0.372. The number of rotatable bonds is 3. The number of hydrogen-bond acceptors (Lipinski definition) is 3. The summed E-state index contributed by atoms with van der Waals surface area (Å²) < 4.78 is 28.3. The van der Waals surface area contributed by atoms with E-state index >= 15 is 0 Å². The van der Waals surface area contributed by atoms with Crippen LogP contribution in [0.1, 0.15) is 25.7 Å². The number of sulfonamides is 1. The fourth-order valence-electron chi connectivity index (χ4n) is 1.97. The number of hydrogen-bond donors (Lipinski definition) is 1. The molecular weight excluding hydrogens is 226 g/mol. The van der Waals surface area contributed by atoms with Crippen molar-refractivity contribution in [2.75, 3.05) is 0 Å². The Morgan fingerprint density at radius 3 is 2.44 bits per heavy atom. The number of ether oxygens (including phenoxy) is 1. The van der Waals surface area contributed by atoms with Crippen LogP contribution >= 0.6 is 0 Å². The summed E-state index contributed by atoms with van der Waals surface area (Å²) in [4.78, 5) is 0.0712. The Morgan fingerprint density at radius 2 is 1.81 bits per heavy atom. The normalized spacial score (nSPS) is 17.6. The highest BCUT2D eigenvalue weighted by molar-refractivity contribution is 7.89. The van der Waals surface area contributed by atoms with Crippen molar-refractivity contribution < 1.29 is 13.2 Å². The van der Waals surface area contributed by atoms with Crippen LogP contribution < -0.4 is 9.88 Å². The lowest BCUT2D eigenvalue weighted by molar-refractivity contribution is 0.204. The predicted octanol–water partition coefficient (Wildman–Crippen LogP) is 1.66. The molecule has 0 atom stereocenters. The Balaban J connectivity index is 2.26. The molecule has 1 aromatic carbocycles. The zero-order chi connectivity index (χ0) is 11.6. The van der Waals surface area contributed by atoms with Gasteiger partial charge in [-0.05, 0) is 37.8 Å². The van der Waals surface area contributed by atoms with Gasteiger partial charge in [-0.15, -0.1) is 0 Å². The predicted molar refractivity (Wildman–Crippen MR) is 60.7 cm³/mol. The summed E-state index contributed by atoms with van der Waals surface area (Å²) in [6.07, 6.45) is 4.38. The minimum Gasteiger partial charge on any atom is -0.489 e. The van der Waals surface area contributed by atoms with Gasteiger partial charge in [-0.25, -0.2) is 13.6 Å². The maximum Gasteiger partial charge on any atom is 0.241 e. The van der Waals surface area contributed by atoms with E-state index in [0.29, 0.717) is 5.75 Å². The van der Waals surface area contributed by atoms with E-state index in [2.05, 4.69) is 0 Å². The number of nitrogens with two attached hydrogens (primary N) is 1. The first kappa shape index (κ1) is 11.4. The highest BCUT2D eigenvalue weighted by Crippen LogP contribution is 2.28. The van der Waals surface area contributed by atoms with E-state index in [0.717, 1.165) is 25.7 Å². The third-order valence-electron chi connectivity index (χ3n) is 2.75. The molecule has 1 aromatic rings. The van der Waals surface area contributed by atoms with Gasteiger partial charge in [0.15, 0.2) is 0 Å². The molecule has 2 N–H and O–H groups in total. The maximum absolute atomic E-state index is 11.3. The van der Waals surface area contributed by atoms with Crippen LogP contribution in [0.5, 0.6) is 5.75 Å². The SMILES string of the molecule is NS(=O)(=O)c1ccccc1OC1CCCC1. The highest BCUT2D eigenvalue weighted by atomic mass is 32.2. The average molecular weight is 241 g/mol. The topological polar surface area (TPSA) is 69.4 Å². The van der Waals surface area contributed by atoms with Crippen molar-refractivity contribution in [2.45, 2.75) is 36.7 Å². The number of primary sulfonamides is 1. The van der Waals surface area contributed by atoms with Crippen molar-refractivity contribution in [1.29, 1.82) is 0 Å². The fraction of sp³-hybridized carbons (Fsp3) is 0.455. The molecule has 0 heterocycles. The first-order valence-electron chi connectivity index (χ1n) is 5.36. The molecular formula is C11H15NO3S.